The first-order chi connectivity index (χ1) is 44.6. The highest BCUT2D eigenvalue weighted by Gasteiger charge is 2.51. The van der Waals surface area contributed by atoms with Crippen molar-refractivity contribution in [3.63, 3.8) is 0 Å². The Balaban J connectivity index is 0.000000143. The number of aromatic nitrogens is 1. The number of hydrogen-bond acceptors (Lipinski definition) is 13. The number of halogens is 5. The molecule has 3 spiro atoms. The molecule has 0 bridgehead atoms. The molecule has 9 aliphatic heterocycles. The van der Waals surface area contributed by atoms with Gasteiger partial charge < -0.3 is 53.6 Å². The molecule has 9 aliphatic rings. The molecule has 0 saturated carbocycles. The monoisotopic (exact) mass is 1310 g/mol. The first-order valence-corrected chi connectivity index (χ1v) is 34.1. The zero-order valence-corrected chi connectivity index (χ0v) is 55.5. The van der Waals surface area contributed by atoms with Gasteiger partial charge in [0.25, 0.3) is 6.43 Å². The van der Waals surface area contributed by atoms with Crippen LogP contribution in [0.5, 0.6) is 0 Å². The molecule has 10 heterocycles. The Kier molecular flexibility index (Phi) is 20.8. The van der Waals surface area contributed by atoms with E-state index in [2.05, 4.69) is 29.3 Å². The molecule has 3 aromatic carbocycles. The summed E-state index contributed by atoms with van der Waals surface area (Å²) in [6, 6.07) is 15.9. The Morgan fingerprint density at radius 3 is 1.26 bits per heavy atom. The summed E-state index contributed by atoms with van der Waals surface area (Å²) >= 11 is 1.63. The fraction of sp³-hybridized carbons (Fsp3) is 0.618. The summed E-state index contributed by atoms with van der Waals surface area (Å²) in [6.07, 6.45) is 9.34. The van der Waals surface area contributed by atoms with Gasteiger partial charge in [0.05, 0.1) is 6.61 Å². The van der Waals surface area contributed by atoms with Crippen LogP contribution in [0.25, 0.3) is 0 Å². The van der Waals surface area contributed by atoms with Crippen LogP contribution in [0.3, 0.4) is 0 Å². The van der Waals surface area contributed by atoms with E-state index in [0.717, 1.165) is 188 Å². The van der Waals surface area contributed by atoms with E-state index >= 15 is 0 Å². The predicted octanol–water partition coefficient (Wildman–Crippen LogP) is 10.6. The predicted molar refractivity (Wildman–Crippen MR) is 347 cm³/mol. The molecule has 1 aromatic heterocycles. The molecule has 19 nitrogen and oxygen atoms in total. The lowest BCUT2D eigenvalue weighted by Crippen LogP contribution is -2.53. The molecule has 0 aliphatic carbocycles. The van der Waals surface area contributed by atoms with Gasteiger partial charge in [0.1, 0.15) is 17.5 Å². The van der Waals surface area contributed by atoms with Crippen molar-refractivity contribution in [2.24, 2.45) is 0 Å². The van der Waals surface area contributed by atoms with Crippen molar-refractivity contribution >= 4 is 63.7 Å². The zero-order valence-electron chi connectivity index (χ0n) is 54.7. The first kappa shape index (κ1) is 67.6. The van der Waals surface area contributed by atoms with Crippen LogP contribution >= 0.6 is 11.3 Å². The average Bonchev–Trinajstić information content (AvgIpc) is 1.62. The van der Waals surface area contributed by atoms with Crippen LogP contribution < -0.4 is 14.7 Å². The molecular weight excluding hydrogens is 1220 g/mol. The number of hydrogen-bond donors (Lipinski definition) is 0. The van der Waals surface area contributed by atoms with Crippen LogP contribution in [0.15, 0.2) is 66.2 Å². The molecule has 6 saturated heterocycles. The second-order valence-electron chi connectivity index (χ2n) is 27.2. The van der Waals surface area contributed by atoms with Crippen molar-refractivity contribution in [3.8, 4) is 0 Å². The van der Waals surface area contributed by atoms with E-state index in [9.17, 15) is 45.9 Å². The van der Waals surface area contributed by atoms with Gasteiger partial charge in [-0.1, -0.05) is 0 Å². The summed E-state index contributed by atoms with van der Waals surface area (Å²) in [6.45, 7) is 14.8. The lowest BCUT2D eigenvalue weighted by atomic mass is 9.74. The Morgan fingerprint density at radius 1 is 0.538 bits per heavy atom. The van der Waals surface area contributed by atoms with E-state index in [1.807, 2.05) is 39.3 Å². The van der Waals surface area contributed by atoms with Crippen LogP contribution in [0, 0.1) is 17.5 Å². The topological polar surface area (TPSA) is 152 Å². The SMILES string of the molecule is CC(=O)N1CCC(N2CCC3(CC2)CN(C(=O)N(C)C)c2ccc(F)cc23)CC1.CCOC(=O)N1CCC(N2CCC3(CC2)CN(c2nccs2)c2ccc(F)cc23)CC1.CN(C)C(=O)N1CC2(CCN(C3CCN(C(=O)OCC(F)F)CC3)CC2)c2cc(F)ccc21. The molecule has 25 heteroatoms. The smallest absolute Gasteiger partial charge is 0.409 e. The van der Waals surface area contributed by atoms with Gasteiger partial charge in [-0.25, -0.2) is 46.1 Å². The Labute approximate surface area is 547 Å². The number of urea groups is 2. The van der Waals surface area contributed by atoms with Gasteiger partial charge in [0, 0.05) is 157 Å². The van der Waals surface area contributed by atoms with Gasteiger partial charge >= 0.3 is 24.2 Å². The Bertz CT molecular complexity index is 3280. The van der Waals surface area contributed by atoms with Crippen LogP contribution in [0.4, 0.5) is 63.3 Å². The van der Waals surface area contributed by atoms with Gasteiger partial charge in [-0.05, 0) is 195 Å². The molecule has 6 fully saturated rings. The third-order valence-corrected chi connectivity index (χ3v) is 22.3. The molecule has 13 rings (SSSR count). The Morgan fingerprint density at radius 2 is 0.903 bits per heavy atom. The first-order valence-electron chi connectivity index (χ1n) is 33.2. The van der Waals surface area contributed by atoms with Crippen LogP contribution in [-0.4, -0.2) is 238 Å². The largest absolute Gasteiger partial charge is 0.450 e. The molecular formula is C68H91F5N12O7S. The fourth-order valence-corrected chi connectivity index (χ4v) is 17.0. The fourth-order valence-electron chi connectivity index (χ4n) is 16.3. The number of likely N-dealkylation sites (tertiary alicyclic amines) is 6. The summed E-state index contributed by atoms with van der Waals surface area (Å²) in [7, 11) is 6.95. The minimum Gasteiger partial charge on any atom is -0.450 e. The molecule has 0 unspecified atom stereocenters. The van der Waals surface area contributed by atoms with Gasteiger partial charge in [-0.2, -0.15) is 0 Å². The van der Waals surface area contributed by atoms with E-state index in [1.54, 1.807) is 97.5 Å². The molecule has 4 aromatic rings. The lowest BCUT2D eigenvalue weighted by Gasteiger charge is -2.45. The van der Waals surface area contributed by atoms with Gasteiger partial charge in [0.15, 0.2) is 11.7 Å². The maximum atomic E-state index is 14.2. The summed E-state index contributed by atoms with van der Waals surface area (Å²) in [5.41, 5.74) is 5.33. The molecule has 506 valence electrons. The average molecular weight is 1320 g/mol. The van der Waals surface area contributed by atoms with Crippen LogP contribution in [-0.2, 0) is 30.5 Å². The maximum Gasteiger partial charge on any atom is 0.409 e. The number of anilines is 4. The number of carbonyl (C=O) groups excluding carboxylic acids is 5. The number of carbonyl (C=O) groups is 5. The molecule has 0 N–H and O–H groups in total. The highest BCUT2D eigenvalue weighted by atomic mass is 32.1. The Hall–Kier alpha value is -6.83. The second kappa shape index (κ2) is 28.6. The van der Waals surface area contributed by atoms with Gasteiger partial charge in [0.2, 0.25) is 5.91 Å². The van der Waals surface area contributed by atoms with Crippen molar-refractivity contribution in [3.05, 3.63) is 100 Å². The standard InChI is InChI=1S/C23H31F3N4O3.C23H29FN4O2S.C22H31FN4O2/c1-27(2)21(31)30-15-23(18-13-16(24)3-4-19(18)30)7-11-28(12-8-23)17-5-9-29(10-6-17)22(32)33-14-20(25)26;1-2-30-22(29)27-10-5-18(6-11-27)26-12-7-23(8-13-26)16-28(21-25-9-14-31-21)20-4-3-17(24)15-19(20)23;1-16(28)25-10-6-18(7-11-25)26-12-8-22(9-13-26)15-27(21(29)24(2)3)20-5-4-17(23)14-19(20)22/h3-4,13,17,20H,5-12,14-15H2,1-2H3;3-4,9,14-15,18H,2,5-8,10-13,16H2,1H3;4-5,14,18H,6-13,15H2,1-3H3. The van der Waals surface area contributed by atoms with E-state index in [-0.39, 0.29) is 57.8 Å². The highest BCUT2D eigenvalue weighted by molar-refractivity contribution is 7.13. The second-order valence-corrected chi connectivity index (χ2v) is 28.1. The number of benzene rings is 3. The number of piperidine rings is 6. The van der Waals surface area contributed by atoms with Crippen LogP contribution in [0.2, 0.25) is 0 Å². The van der Waals surface area contributed by atoms with Crippen molar-refractivity contribution in [1.29, 1.82) is 0 Å². The van der Waals surface area contributed by atoms with E-state index in [4.69, 9.17) is 4.74 Å². The minimum atomic E-state index is -2.66. The van der Waals surface area contributed by atoms with Gasteiger partial charge in [-0.3, -0.25) is 14.6 Å². The molecule has 93 heavy (non-hydrogen) atoms. The third kappa shape index (κ3) is 14.4. The summed E-state index contributed by atoms with van der Waals surface area (Å²) < 4.78 is 76.8. The number of alkyl halides is 2. The number of nitrogens with zero attached hydrogens (tertiary/aromatic N) is 12. The normalized spacial score (nSPS) is 21.5. The zero-order chi connectivity index (χ0) is 65.9. The lowest BCUT2D eigenvalue weighted by molar-refractivity contribution is -0.130. The van der Waals surface area contributed by atoms with E-state index < -0.39 is 19.1 Å². The molecule has 0 atom stereocenters. The number of fused-ring (bicyclic) bond motifs is 6. The third-order valence-electron chi connectivity index (χ3n) is 21.5. The van der Waals surface area contributed by atoms with Crippen molar-refractivity contribution in [2.75, 3.05) is 154 Å². The quantitative estimate of drug-likeness (QED) is 0.162. The summed E-state index contributed by atoms with van der Waals surface area (Å²) in [5.74, 6) is -0.522. The molecule has 0 radical (unpaired) electrons. The maximum absolute atomic E-state index is 14.2. The summed E-state index contributed by atoms with van der Waals surface area (Å²) in [5, 5.41) is 2.98. The highest BCUT2D eigenvalue weighted by Crippen LogP contribution is 2.52. The number of amides is 7. The van der Waals surface area contributed by atoms with E-state index in [1.165, 1.54) is 17.0 Å². The van der Waals surface area contributed by atoms with Crippen molar-refractivity contribution in [1.82, 2.24) is 44.2 Å². The van der Waals surface area contributed by atoms with E-state index in [0.29, 0.717) is 50.9 Å². The van der Waals surface area contributed by atoms with Gasteiger partial charge in [-0.15, -0.1) is 11.3 Å². The number of thiazole rings is 1. The van der Waals surface area contributed by atoms with Crippen LogP contribution in [0.1, 0.15) is 108 Å². The molecule has 7 amide bonds. The number of rotatable bonds is 7. The number of ether oxygens (including phenoxy) is 2. The van der Waals surface area contributed by atoms with Crippen molar-refractivity contribution in [2.45, 2.75) is 132 Å². The summed E-state index contributed by atoms with van der Waals surface area (Å²) in [4.78, 5) is 87.2. The van der Waals surface area contributed by atoms with Crippen molar-refractivity contribution < 1.29 is 55.4 Å². The minimum absolute atomic E-state index is 0.0226.